The maximum absolute atomic E-state index is 13.0. The lowest BCUT2D eigenvalue weighted by Crippen LogP contribution is -1.97. The van der Waals surface area contributed by atoms with Gasteiger partial charge >= 0.3 is 0 Å². The van der Waals surface area contributed by atoms with Gasteiger partial charge in [-0.25, -0.2) is 4.39 Å². The molecule has 2 aromatic carbocycles. The summed E-state index contributed by atoms with van der Waals surface area (Å²) in [5, 5.41) is 8.81. The fraction of sp³-hybridized carbons (Fsp3) is 0.250. The van der Waals surface area contributed by atoms with Crippen molar-refractivity contribution in [3.8, 4) is 5.75 Å². The first-order valence-corrected chi connectivity index (χ1v) is 6.35. The van der Waals surface area contributed by atoms with E-state index >= 15 is 0 Å². The van der Waals surface area contributed by atoms with E-state index < -0.39 is 0 Å². The van der Waals surface area contributed by atoms with Gasteiger partial charge in [-0.2, -0.15) is 0 Å². The first-order chi connectivity index (χ1) is 9.28. The fourth-order valence-electron chi connectivity index (χ4n) is 1.87. The molecule has 0 saturated carbocycles. The van der Waals surface area contributed by atoms with E-state index in [0.29, 0.717) is 6.61 Å². The minimum atomic E-state index is -0.252. The van der Waals surface area contributed by atoms with E-state index in [1.165, 1.54) is 12.1 Å². The number of aliphatic hydroxyl groups excluding tert-OH is 1. The second-order valence-electron chi connectivity index (χ2n) is 4.39. The van der Waals surface area contributed by atoms with Crippen LogP contribution in [0.1, 0.15) is 17.5 Å². The molecule has 0 fully saturated rings. The zero-order chi connectivity index (χ0) is 13.5. The van der Waals surface area contributed by atoms with Crippen LogP contribution in [0.4, 0.5) is 4.39 Å². The molecule has 2 aromatic rings. The zero-order valence-electron chi connectivity index (χ0n) is 10.7. The van der Waals surface area contributed by atoms with Gasteiger partial charge in [-0.05, 0) is 48.2 Å². The van der Waals surface area contributed by atoms with Crippen LogP contribution in [-0.4, -0.2) is 11.7 Å². The van der Waals surface area contributed by atoms with Gasteiger partial charge in [-0.1, -0.05) is 24.3 Å². The van der Waals surface area contributed by atoms with E-state index in [1.807, 2.05) is 30.3 Å². The minimum Gasteiger partial charge on any atom is -0.489 e. The van der Waals surface area contributed by atoms with Gasteiger partial charge in [0.1, 0.15) is 18.2 Å². The lowest BCUT2D eigenvalue weighted by molar-refractivity contribution is 0.288. The molecule has 0 spiro atoms. The average Bonchev–Trinajstić information content (AvgIpc) is 2.43. The zero-order valence-corrected chi connectivity index (χ0v) is 10.7. The van der Waals surface area contributed by atoms with Gasteiger partial charge in [-0.15, -0.1) is 0 Å². The van der Waals surface area contributed by atoms with Crippen molar-refractivity contribution >= 4 is 0 Å². The smallest absolute Gasteiger partial charge is 0.123 e. The number of rotatable bonds is 6. The first kappa shape index (κ1) is 13.6. The number of benzene rings is 2. The van der Waals surface area contributed by atoms with Gasteiger partial charge in [-0.3, -0.25) is 0 Å². The van der Waals surface area contributed by atoms with Crippen LogP contribution in [0.5, 0.6) is 5.75 Å². The molecular formula is C16H17FO2. The second kappa shape index (κ2) is 6.90. The van der Waals surface area contributed by atoms with Crippen LogP contribution in [0.15, 0.2) is 48.5 Å². The average molecular weight is 260 g/mol. The summed E-state index contributed by atoms with van der Waals surface area (Å²) in [6, 6.07) is 14.1. The lowest BCUT2D eigenvalue weighted by Gasteiger charge is -2.08. The molecular weight excluding hydrogens is 243 g/mol. The van der Waals surface area contributed by atoms with Gasteiger partial charge in [0.25, 0.3) is 0 Å². The van der Waals surface area contributed by atoms with Crippen LogP contribution in [0.25, 0.3) is 0 Å². The Bertz CT molecular complexity index is 526. The van der Waals surface area contributed by atoms with Crippen molar-refractivity contribution in [1.82, 2.24) is 0 Å². The normalized spacial score (nSPS) is 10.4. The van der Waals surface area contributed by atoms with Crippen LogP contribution >= 0.6 is 0 Å². The summed E-state index contributed by atoms with van der Waals surface area (Å²) in [6.45, 7) is 0.537. The van der Waals surface area contributed by atoms with Crippen LogP contribution in [0.2, 0.25) is 0 Å². The van der Waals surface area contributed by atoms with Crippen molar-refractivity contribution in [2.24, 2.45) is 0 Å². The molecule has 0 atom stereocenters. The number of ether oxygens (including phenoxy) is 1. The Morgan fingerprint density at radius 1 is 1.00 bits per heavy atom. The van der Waals surface area contributed by atoms with Crippen molar-refractivity contribution in [2.45, 2.75) is 19.4 Å². The summed E-state index contributed by atoms with van der Waals surface area (Å²) in [4.78, 5) is 0. The Kier molecular flexibility index (Phi) is 4.93. The number of hydrogen-bond acceptors (Lipinski definition) is 2. The van der Waals surface area contributed by atoms with Gasteiger partial charge < -0.3 is 9.84 Å². The molecule has 0 saturated heterocycles. The summed E-state index contributed by atoms with van der Waals surface area (Å²) in [7, 11) is 0. The maximum atomic E-state index is 13.0. The Balaban J connectivity index is 1.95. The molecule has 0 bridgehead atoms. The maximum Gasteiger partial charge on any atom is 0.123 e. The van der Waals surface area contributed by atoms with Crippen LogP contribution in [0.3, 0.4) is 0 Å². The van der Waals surface area contributed by atoms with Gasteiger partial charge in [0.05, 0.1) is 0 Å². The first-order valence-electron chi connectivity index (χ1n) is 6.35. The van der Waals surface area contributed by atoms with E-state index in [-0.39, 0.29) is 12.4 Å². The lowest BCUT2D eigenvalue weighted by atomic mass is 10.1. The van der Waals surface area contributed by atoms with E-state index in [9.17, 15) is 4.39 Å². The van der Waals surface area contributed by atoms with Gasteiger partial charge in [0, 0.05) is 6.61 Å². The van der Waals surface area contributed by atoms with E-state index in [0.717, 1.165) is 29.7 Å². The summed E-state index contributed by atoms with van der Waals surface area (Å²) in [6.07, 6.45) is 1.57. The third kappa shape index (κ3) is 4.38. The highest BCUT2D eigenvalue weighted by molar-refractivity contribution is 5.29. The standard InChI is InChI=1S/C16H17FO2/c17-15-7-1-5-14(10-15)12-19-16-8-2-4-13(11-16)6-3-9-18/h1-2,4-5,7-8,10-11,18H,3,6,9,12H2. The molecule has 3 heteroatoms. The Labute approximate surface area is 112 Å². The fourth-order valence-corrected chi connectivity index (χ4v) is 1.87. The Morgan fingerprint density at radius 2 is 1.79 bits per heavy atom. The van der Waals surface area contributed by atoms with E-state index in [1.54, 1.807) is 6.07 Å². The largest absolute Gasteiger partial charge is 0.489 e. The third-order valence-electron chi connectivity index (χ3n) is 2.82. The summed E-state index contributed by atoms with van der Waals surface area (Å²) < 4.78 is 18.7. The summed E-state index contributed by atoms with van der Waals surface area (Å²) >= 11 is 0. The summed E-state index contributed by atoms with van der Waals surface area (Å²) in [5.41, 5.74) is 1.94. The number of halogens is 1. The predicted octanol–water partition coefficient (Wildman–Crippen LogP) is 3.33. The van der Waals surface area contributed by atoms with Crippen LogP contribution in [-0.2, 0) is 13.0 Å². The van der Waals surface area contributed by atoms with Crippen molar-refractivity contribution in [3.63, 3.8) is 0 Å². The molecule has 2 rings (SSSR count). The topological polar surface area (TPSA) is 29.5 Å². The molecule has 100 valence electrons. The highest BCUT2D eigenvalue weighted by Crippen LogP contribution is 2.16. The molecule has 0 aliphatic rings. The minimum absolute atomic E-state index is 0.189. The predicted molar refractivity (Wildman–Crippen MR) is 72.6 cm³/mol. The molecule has 2 nitrogen and oxygen atoms in total. The highest BCUT2D eigenvalue weighted by Gasteiger charge is 1.99. The van der Waals surface area contributed by atoms with Gasteiger partial charge in [0.2, 0.25) is 0 Å². The van der Waals surface area contributed by atoms with Crippen molar-refractivity contribution < 1.29 is 14.2 Å². The molecule has 0 aliphatic heterocycles. The Hall–Kier alpha value is -1.87. The number of hydrogen-bond donors (Lipinski definition) is 1. The Morgan fingerprint density at radius 3 is 2.58 bits per heavy atom. The molecule has 0 aromatic heterocycles. The van der Waals surface area contributed by atoms with Crippen molar-refractivity contribution in [3.05, 3.63) is 65.5 Å². The van der Waals surface area contributed by atoms with Crippen molar-refractivity contribution in [1.29, 1.82) is 0 Å². The second-order valence-corrected chi connectivity index (χ2v) is 4.39. The third-order valence-corrected chi connectivity index (χ3v) is 2.82. The summed E-state index contributed by atoms with van der Waals surface area (Å²) in [5.74, 6) is 0.512. The molecule has 0 unspecified atom stereocenters. The van der Waals surface area contributed by atoms with Gasteiger partial charge in [0.15, 0.2) is 0 Å². The molecule has 0 amide bonds. The quantitative estimate of drug-likeness (QED) is 0.863. The molecule has 0 radical (unpaired) electrons. The van der Waals surface area contributed by atoms with E-state index in [4.69, 9.17) is 9.84 Å². The SMILES string of the molecule is OCCCc1cccc(OCc2cccc(F)c2)c1. The van der Waals surface area contributed by atoms with Crippen LogP contribution in [0, 0.1) is 5.82 Å². The van der Waals surface area contributed by atoms with Crippen molar-refractivity contribution in [2.75, 3.05) is 6.61 Å². The molecule has 0 aliphatic carbocycles. The number of aryl methyl sites for hydroxylation is 1. The highest BCUT2D eigenvalue weighted by atomic mass is 19.1. The number of aliphatic hydroxyl groups is 1. The van der Waals surface area contributed by atoms with Crippen LogP contribution < -0.4 is 4.74 Å². The molecule has 1 N–H and O–H groups in total. The monoisotopic (exact) mass is 260 g/mol. The molecule has 19 heavy (non-hydrogen) atoms. The molecule has 0 heterocycles. The van der Waals surface area contributed by atoms with E-state index in [2.05, 4.69) is 0 Å².